The maximum Gasteiger partial charge on any atom is 0.243 e. The number of methoxy groups -OCH3 is 2. The van der Waals surface area contributed by atoms with E-state index < -0.39 is 10.0 Å². The molecular weight excluding hydrogens is 432 g/mol. The molecule has 2 heterocycles. The molecule has 1 saturated heterocycles. The molecule has 1 aromatic carbocycles. The van der Waals surface area contributed by atoms with E-state index in [0.29, 0.717) is 30.9 Å². The predicted molar refractivity (Wildman–Crippen MR) is 121 cm³/mol. The number of piperidine rings is 1. The number of anilines is 1. The molecule has 1 aliphatic rings. The summed E-state index contributed by atoms with van der Waals surface area (Å²) in [6, 6.07) is 8.31. The van der Waals surface area contributed by atoms with E-state index >= 15 is 0 Å². The Morgan fingerprint density at radius 1 is 1.16 bits per heavy atom. The summed E-state index contributed by atoms with van der Waals surface area (Å²) in [5.41, 5.74) is 0.930. The predicted octanol–water partition coefficient (Wildman–Crippen LogP) is 1.88. The van der Waals surface area contributed by atoms with Crippen molar-refractivity contribution in [3.63, 3.8) is 0 Å². The monoisotopic (exact) mass is 462 g/mol. The number of nitrogens with one attached hydrogen (secondary N) is 1. The van der Waals surface area contributed by atoms with Crippen molar-refractivity contribution in [2.45, 2.75) is 24.3 Å². The fourth-order valence-electron chi connectivity index (χ4n) is 3.78. The number of amides is 1. The van der Waals surface area contributed by atoms with E-state index in [0.717, 1.165) is 11.4 Å². The van der Waals surface area contributed by atoms with Crippen molar-refractivity contribution < 1.29 is 22.7 Å². The normalized spacial score (nSPS) is 15.2. The molecule has 1 fully saturated rings. The van der Waals surface area contributed by atoms with E-state index in [1.54, 1.807) is 12.3 Å². The maximum atomic E-state index is 13.1. The standard InChI is InChI=1S/C22H30N4O5S/c1-25(2)21-17(6-5-11-23-21)15-24-22(27)16-9-12-26(13-10-16)32(28,29)18-7-8-19(30-3)20(14-18)31-4/h5-8,11,14,16H,9-10,12-13,15H2,1-4H3,(H,24,27). The lowest BCUT2D eigenvalue weighted by atomic mass is 9.97. The van der Waals surface area contributed by atoms with Crippen LogP contribution in [0.2, 0.25) is 0 Å². The first-order valence-electron chi connectivity index (χ1n) is 10.4. The second kappa shape index (κ2) is 10.2. The summed E-state index contributed by atoms with van der Waals surface area (Å²) in [7, 11) is 3.08. The van der Waals surface area contributed by atoms with Crippen molar-refractivity contribution in [2.75, 3.05) is 46.3 Å². The molecule has 1 amide bonds. The molecular formula is C22H30N4O5S. The third-order valence-electron chi connectivity index (χ3n) is 5.56. The van der Waals surface area contributed by atoms with Crippen LogP contribution in [-0.2, 0) is 21.4 Å². The highest BCUT2D eigenvalue weighted by atomic mass is 32.2. The van der Waals surface area contributed by atoms with Crippen LogP contribution in [0.1, 0.15) is 18.4 Å². The average molecular weight is 463 g/mol. The molecule has 1 N–H and O–H groups in total. The number of hydrogen-bond donors (Lipinski definition) is 1. The topological polar surface area (TPSA) is 101 Å². The Hall–Kier alpha value is -2.85. The number of carbonyl (C=O) groups is 1. The number of sulfonamides is 1. The van der Waals surface area contributed by atoms with Crippen molar-refractivity contribution in [3.05, 3.63) is 42.1 Å². The summed E-state index contributed by atoms with van der Waals surface area (Å²) >= 11 is 0. The molecule has 0 atom stereocenters. The lowest BCUT2D eigenvalue weighted by Gasteiger charge is -2.30. The molecule has 32 heavy (non-hydrogen) atoms. The SMILES string of the molecule is COc1ccc(S(=O)(=O)N2CCC(C(=O)NCc3cccnc3N(C)C)CC2)cc1OC. The van der Waals surface area contributed by atoms with Crippen LogP contribution in [0.3, 0.4) is 0 Å². The minimum Gasteiger partial charge on any atom is -0.493 e. The zero-order chi connectivity index (χ0) is 23.3. The van der Waals surface area contributed by atoms with Gasteiger partial charge in [-0.05, 0) is 31.0 Å². The fourth-order valence-corrected chi connectivity index (χ4v) is 5.27. The smallest absolute Gasteiger partial charge is 0.243 e. The lowest BCUT2D eigenvalue weighted by Crippen LogP contribution is -2.42. The summed E-state index contributed by atoms with van der Waals surface area (Å²) in [6.45, 7) is 0.944. The minimum absolute atomic E-state index is 0.0678. The molecule has 0 saturated carbocycles. The van der Waals surface area contributed by atoms with Gasteiger partial charge in [0.2, 0.25) is 15.9 Å². The van der Waals surface area contributed by atoms with Gasteiger partial charge in [0.25, 0.3) is 0 Å². The second-order valence-electron chi connectivity index (χ2n) is 7.79. The fraction of sp³-hybridized carbons (Fsp3) is 0.455. The van der Waals surface area contributed by atoms with E-state index in [4.69, 9.17) is 9.47 Å². The number of nitrogens with zero attached hydrogens (tertiary/aromatic N) is 3. The number of rotatable bonds is 8. The Morgan fingerprint density at radius 3 is 2.47 bits per heavy atom. The van der Waals surface area contributed by atoms with Crippen LogP contribution in [0.15, 0.2) is 41.4 Å². The highest BCUT2D eigenvalue weighted by molar-refractivity contribution is 7.89. The number of aromatic nitrogens is 1. The average Bonchev–Trinajstić information content (AvgIpc) is 2.82. The summed E-state index contributed by atoms with van der Waals surface area (Å²) in [6.07, 6.45) is 2.65. The number of carbonyl (C=O) groups excluding carboxylic acids is 1. The molecule has 10 heteroatoms. The van der Waals surface area contributed by atoms with E-state index in [-0.39, 0.29) is 29.8 Å². The quantitative estimate of drug-likeness (QED) is 0.639. The van der Waals surface area contributed by atoms with Gasteiger partial charge in [-0.3, -0.25) is 4.79 Å². The number of hydrogen-bond acceptors (Lipinski definition) is 7. The van der Waals surface area contributed by atoms with Crippen LogP contribution in [0, 0.1) is 5.92 Å². The van der Waals surface area contributed by atoms with Gasteiger partial charge < -0.3 is 19.7 Å². The van der Waals surface area contributed by atoms with E-state index in [1.165, 1.54) is 30.7 Å². The summed E-state index contributed by atoms with van der Waals surface area (Å²) in [5, 5.41) is 2.97. The van der Waals surface area contributed by atoms with Crippen LogP contribution in [0.5, 0.6) is 11.5 Å². The molecule has 0 aliphatic carbocycles. The van der Waals surface area contributed by atoms with E-state index in [1.807, 2.05) is 31.1 Å². The number of benzene rings is 1. The van der Waals surface area contributed by atoms with Crippen LogP contribution >= 0.6 is 0 Å². The third-order valence-corrected chi connectivity index (χ3v) is 7.46. The van der Waals surface area contributed by atoms with Crippen molar-refractivity contribution >= 4 is 21.7 Å². The van der Waals surface area contributed by atoms with Gasteiger partial charge in [-0.15, -0.1) is 0 Å². The third kappa shape index (κ3) is 5.13. The molecule has 0 bridgehead atoms. The molecule has 2 aromatic rings. The Kier molecular flexibility index (Phi) is 7.57. The summed E-state index contributed by atoms with van der Waals surface area (Å²) in [4.78, 5) is 19.1. The van der Waals surface area contributed by atoms with Crippen LogP contribution < -0.4 is 19.7 Å². The molecule has 1 aliphatic heterocycles. The van der Waals surface area contributed by atoms with Gasteiger partial charge in [-0.2, -0.15) is 4.31 Å². The van der Waals surface area contributed by atoms with Crippen molar-refractivity contribution in [1.29, 1.82) is 0 Å². The first kappa shape index (κ1) is 23.8. The van der Waals surface area contributed by atoms with Gasteiger partial charge in [-0.1, -0.05) is 6.07 Å². The van der Waals surface area contributed by atoms with Crippen LogP contribution in [0.25, 0.3) is 0 Å². The van der Waals surface area contributed by atoms with Crippen molar-refractivity contribution in [3.8, 4) is 11.5 Å². The first-order chi connectivity index (χ1) is 15.3. The molecule has 0 spiro atoms. The van der Waals surface area contributed by atoms with Crippen LogP contribution in [-0.4, -0.2) is 65.0 Å². The Balaban J connectivity index is 1.60. The summed E-state index contributed by atoms with van der Waals surface area (Å²) in [5.74, 6) is 1.33. The van der Waals surface area contributed by atoms with Gasteiger partial charge in [0.1, 0.15) is 5.82 Å². The number of pyridine rings is 1. The van der Waals surface area contributed by atoms with Gasteiger partial charge in [-0.25, -0.2) is 13.4 Å². The van der Waals surface area contributed by atoms with E-state index in [2.05, 4.69) is 10.3 Å². The van der Waals surface area contributed by atoms with Crippen molar-refractivity contribution in [2.24, 2.45) is 5.92 Å². The van der Waals surface area contributed by atoms with Gasteiger partial charge in [0.15, 0.2) is 11.5 Å². The Morgan fingerprint density at radius 2 is 1.84 bits per heavy atom. The zero-order valence-corrected chi connectivity index (χ0v) is 19.7. The second-order valence-corrected chi connectivity index (χ2v) is 9.73. The van der Waals surface area contributed by atoms with E-state index in [9.17, 15) is 13.2 Å². The Bertz CT molecular complexity index is 1050. The highest BCUT2D eigenvalue weighted by Crippen LogP contribution is 2.32. The van der Waals surface area contributed by atoms with Gasteiger partial charge in [0, 0.05) is 57.5 Å². The van der Waals surface area contributed by atoms with Gasteiger partial charge >= 0.3 is 0 Å². The molecule has 0 radical (unpaired) electrons. The molecule has 0 unspecified atom stereocenters. The molecule has 9 nitrogen and oxygen atoms in total. The number of ether oxygens (including phenoxy) is 2. The zero-order valence-electron chi connectivity index (χ0n) is 18.9. The summed E-state index contributed by atoms with van der Waals surface area (Å²) < 4.78 is 37.9. The molecule has 174 valence electrons. The molecule has 3 rings (SSSR count). The lowest BCUT2D eigenvalue weighted by molar-refractivity contribution is -0.126. The van der Waals surface area contributed by atoms with Crippen LogP contribution in [0.4, 0.5) is 5.82 Å². The first-order valence-corrected chi connectivity index (χ1v) is 11.8. The Labute approximate surface area is 189 Å². The maximum absolute atomic E-state index is 13.1. The van der Waals surface area contributed by atoms with Gasteiger partial charge in [0.05, 0.1) is 19.1 Å². The minimum atomic E-state index is -3.69. The highest BCUT2D eigenvalue weighted by Gasteiger charge is 2.32. The van der Waals surface area contributed by atoms with Crippen molar-refractivity contribution in [1.82, 2.24) is 14.6 Å². The largest absolute Gasteiger partial charge is 0.493 e. The molecule has 1 aromatic heterocycles.